The maximum absolute atomic E-state index is 12.5. The first-order valence-electron chi connectivity index (χ1n) is 8.03. The van der Waals surface area contributed by atoms with Gasteiger partial charge in [-0.25, -0.2) is 13.1 Å². The molecule has 0 bridgehead atoms. The Hall–Kier alpha value is -1.51. The Kier molecular flexibility index (Phi) is 6.03. The first-order valence-corrected chi connectivity index (χ1v) is 9.89. The SMILES string of the molecule is O=S(=O)(NCC(c1cccnc1)N1CCOCC1)c1ccc(Cl)cc1. The third-order valence-electron chi connectivity index (χ3n) is 4.15. The summed E-state index contributed by atoms with van der Waals surface area (Å²) in [6.45, 7) is 3.04. The molecular formula is C17H20ClN3O3S. The average Bonchev–Trinajstić information content (AvgIpc) is 2.64. The Morgan fingerprint density at radius 3 is 2.56 bits per heavy atom. The summed E-state index contributed by atoms with van der Waals surface area (Å²) in [6, 6.07) is 9.85. The van der Waals surface area contributed by atoms with Crippen molar-refractivity contribution in [1.29, 1.82) is 0 Å². The first-order chi connectivity index (χ1) is 12.1. The van der Waals surface area contributed by atoms with E-state index in [4.69, 9.17) is 16.3 Å². The molecule has 25 heavy (non-hydrogen) atoms. The Morgan fingerprint density at radius 2 is 1.92 bits per heavy atom. The second kappa shape index (κ2) is 8.25. The number of sulfonamides is 1. The number of halogens is 1. The van der Waals surface area contributed by atoms with Crippen molar-refractivity contribution in [3.05, 3.63) is 59.4 Å². The zero-order valence-corrected chi connectivity index (χ0v) is 15.2. The normalized spacial score (nSPS) is 17.3. The molecule has 0 amide bonds. The van der Waals surface area contributed by atoms with Gasteiger partial charge in [-0.1, -0.05) is 17.7 Å². The number of morpholine rings is 1. The summed E-state index contributed by atoms with van der Waals surface area (Å²) in [4.78, 5) is 6.57. The van der Waals surface area contributed by atoms with Gasteiger partial charge in [0.2, 0.25) is 10.0 Å². The van der Waals surface area contributed by atoms with Gasteiger partial charge in [-0.2, -0.15) is 0 Å². The highest BCUT2D eigenvalue weighted by Crippen LogP contribution is 2.21. The summed E-state index contributed by atoms with van der Waals surface area (Å²) in [5.74, 6) is 0. The fourth-order valence-corrected chi connectivity index (χ4v) is 3.97. The standard InChI is InChI=1S/C17H20ClN3O3S/c18-15-3-5-16(6-4-15)25(22,23)20-13-17(14-2-1-7-19-12-14)21-8-10-24-11-9-21/h1-7,12,17,20H,8-11,13H2. The van der Waals surface area contributed by atoms with E-state index < -0.39 is 10.0 Å². The number of rotatable bonds is 6. The number of pyridine rings is 1. The van der Waals surface area contributed by atoms with E-state index in [1.54, 1.807) is 24.5 Å². The predicted octanol–water partition coefficient (Wildman–Crippen LogP) is 2.09. The van der Waals surface area contributed by atoms with Crippen molar-refractivity contribution in [3.8, 4) is 0 Å². The van der Waals surface area contributed by atoms with Crippen LogP contribution < -0.4 is 4.72 Å². The summed E-state index contributed by atoms with van der Waals surface area (Å²) in [5.41, 5.74) is 0.975. The van der Waals surface area contributed by atoms with Crippen LogP contribution >= 0.6 is 11.6 Å². The van der Waals surface area contributed by atoms with Crippen molar-refractivity contribution in [2.45, 2.75) is 10.9 Å². The number of nitrogens with zero attached hydrogens (tertiary/aromatic N) is 2. The van der Waals surface area contributed by atoms with Crippen LogP contribution in [-0.4, -0.2) is 51.1 Å². The molecule has 1 aliphatic heterocycles. The minimum atomic E-state index is -3.61. The second-order valence-electron chi connectivity index (χ2n) is 5.76. The van der Waals surface area contributed by atoms with Crippen LogP contribution in [0.2, 0.25) is 5.02 Å². The molecule has 0 saturated carbocycles. The zero-order chi connectivity index (χ0) is 17.7. The molecule has 3 rings (SSSR count). The third kappa shape index (κ3) is 4.77. The van der Waals surface area contributed by atoms with Gasteiger partial charge in [-0.3, -0.25) is 9.88 Å². The molecule has 2 aromatic rings. The van der Waals surface area contributed by atoms with Gasteiger partial charge in [-0.05, 0) is 35.9 Å². The van der Waals surface area contributed by atoms with E-state index in [9.17, 15) is 8.42 Å². The highest BCUT2D eigenvalue weighted by Gasteiger charge is 2.25. The number of ether oxygens (including phenoxy) is 1. The Labute approximate surface area is 152 Å². The molecule has 1 fully saturated rings. The third-order valence-corrected chi connectivity index (χ3v) is 5.84. The van der Waals surface area contributed by atoms with Gasteiger partial charge in [0.05, 0.1) is 24.2 Å². The Bertz CT molecular complexity index is 779. The molecule has 1 aromatic carbocycles. The molecule has 6 nitrogen and oxygen atoms in total. The Morgan fingerprint density at radius 1 is 1.20 bits per heavy atom. The number of nitrogens with one attached hydrogen (secondary N) is 1. The topological polar surface area (TPSA) is 71.5 Å². The number of hydrogen-bond acceptors (Lipinski definition) is 5. The lowest BCUT2D eigenvalue weighted by Crippen LogP contribution is -2.43. The molecule has 2 heterocycles. The molecule has 1 saturated heterocycles. The van der Waals surface area contributed by atoms with Gasteiger partial charge in [0.15, 0.2) is 0 Å². The van der Waals surface area contributed by atoms with Crippen LogP contribution in [0.3, 0.4) is 0 Å². The highest BCUT2D eigenvalue weighted by atomic mass is 35.5. The fraction of sp³-hybridized carbons (Fsp3) is 0.353. The monoisotopic (exact) mass is 381 g/mol. The van der Waals surface area contributed by atoms with Crippen LogP contribution in [0.15, 0.2) is 53.7 Å². The largest absolute Gasteiger partial charge is 0.379 e. The molecule has 1 unspecified atom stereocenters. The van der Waals surface area contributed by atoms with E-state index in [1.807, 2.05) is 12.1 Å². The van der Waals surface area contributed by atoms with Gasteiger partial charge in [0, 0.05) is 37.1 Å². The van der Waals surface area contributed by atoms with E-state index in [2.05, 4.69) is 14.6 Å². The van der Waals surface area contributed by atoms with Crippen molar-refractivity contribution in [2.24, 2.45) is 0 Å². The molecule has 1 aromatic heterocycles. The van der Waals surface area contributed by atoms with Crippen LogP contribution in [0.4, 0.5) is 0 Å². The van der Waals surface area contributed by atoms with Crippen LogP contribution in [-0.2, 0) is 14.8 Å². The van der Waals surface area contributed by atoms with Crippen molar-refractivity contribution >= 4 is 21.6 Å². The smallest absolute Gasteiger partial charge is 0.240 e. The highest BCUT2D eigenvalue weighted by molar-refractivity contribution is 7.89. The second-order valence-corrected chi connectivity index (χ2v) is 7.96. The van der Waals surface area contributed by atoms with Crippen LogP contribution in [0.1, 0.15) is 11.6 Å². The van der Waals surface area contributed by atoms with Crippen LogP contribution in [0.5, 0.6) is 0 Å². The summed E-state index contributed by atoms with van der Waals surface area (Å²) < 4.78 is 33.2. The van der Waals surface area contributed by atoms with Gasteiger partial charge in [0.1, 0.15) is 0 Å². The Balaban J connectivity index is 1.77. The maximum atomic E-state index is 12.5. The van der Waals surface area contributed by atoms with Gasteiger partial charge >= 0.3 is 0 Å². The summed E-state index contributed by atoms with van der Waals surface area (Å²) in [5, 5.41) is 0.500. The lowest BCUT2D eigenvalue weighted by atomic mass is 10.1. The molecule has 0 aliphatic carbocycles. The molecule has 0 radical (unpaired) electrons. The quantitative estimate of drug-likeness (QED) is 0.829. The molecule has 1 N–H and O–H groups in total. The number of benzene rings is 1. The molecule has 1 aliphatic rings. The van der Waals surface area contributed by atoms with Crippen molar-refractivity contribution in [1.82, 2.24) is 14.6 Å². The minimum Gasteiger partial charge on any atom is -0.379 e. The van der Waals surface area contributed by atoms with Gasteiger partial charge in [-0.15, -0.1) is 0 Å². The van der Waals surface area contributed by atoms with Crippen molar-refractivity contribution in [2.75, 3.05) is 32.8 Å². The number of hydrogen-bond donors (Lipinski definition) is 1. The maximum Gasteiger partial charge on any atom is 0.240 e. The van der Waals surface area contributed by atoms with E-state index in [0.29, 0.717) is 18.2 Å². The lowest BCUT2D eigenvalue weighted by Gasteiger charge is -2.34. The van der Waals surface area contributed by atoms with Crippen molar-refractivity contribution in [3.63, 3.8) is 0 Å². The zero-order valence-electron chi connectivity index (χ0n) is 13.6. The molecule has 134 valence electrons. The van der Waals surface area contributed by atoms with E-state index in [1.165, 1.54) is 12.1 Å². The van der Waals surface area contributed by atoms with Crippen LogP contribution in [0, 0.1) is 0 Å². The number of aromatic nitrogens is 1. The fourth-order valence-electron chi connectivity index (χ4n) is 2.81. The molecule has 0 spiro atoms. The van der Waals surface area contributed by atoms with E-state index in [-0.39, 0.29) is 17.5 Å². The van der Waals surface area contributed by atoms with Gasteiger partial charge in [0.25, 0.3) is 0 Å². The minimum absolute atomic E-state index is 0.0975. The molecule has 1 atom stereocenters. The average molecular weight is 382 g/mol. The predicted molar refractivity (Wildman–Crippen MR) is 96.0 cm³/mol. The molecule has 8 heteroatoms. The molecular weight excluding hydrogens is 362 g/mol. The van der Waals surface area contributed by atoms with E-state index in [0.717, 1.165) is 18.7 Å². The van der Waals surface area contributed by atoms with Crippen molar-refractivity contribution < 1.29 is 13.2 Å². The van der Waals surface area contributed by atoms with E-state index >= 15 is 0 Å². The first kappa shape index (κ1) is 18.3. The summed E-state index contributed by atoms with van der Waals surface area (Å²) >= 11 is 5.83. The van der Waals surface area contributed by atoms with Crippen LogP contribution in [0.25, 0.3) is 0 Å². The lowest BCUT2D eigenvalue weighted by molar-refractivity contribution is 0.0171. The van der Waals surface area contributed by atoms with Gasteiger partial charge < -0.3 is 4.74 Å². The summed E-state index contributed by atoms with van der Waals surface area (Å²) in [6.07, 6.45) is 3.48. The summed E-state index contributed by atoms with van der Waals surface area (Å²) in [7, 11) is -3.61.